The van der Waals surface area contributed by atoms with E-state index in [0.717, 1.165) is 0 Å². The molecule has 25 heavy (non-hydrogen) atoms. The van der Waals surface area contributed by atoms with Crippen molar-refractivity contribution in [3.8, 4) is 5.75 Å². The maximum Gasteiger partial charge on any atom is 0.256 e. The molecule has 10 heteroatoms. The van der Waals surface area contributed by atoms with Gasteiger partial charge in [-0.2, -0.15) is 4.83 Å². The molecule has 0 aliphatic carbocycles. The van der Waals surface area contributed by atoms with Gasteiger partial charge in [0.1, 0.15) is 5.75 Å². The number of amides is 1. The van der Waals surface area contributed by atoms with Crippen LogP contribution in [0.15, 0.2) is 47.4 Å². The third kappa shape index (κ3) is 4.83. The Balaban J connectivity index is 1.97. The fourth-order valence-corrected chi connectivity index (χ4v) is 2.80. The first-order chi connectivity index (χ1) is 11.9. The minimum atomic E-state index is -3.69. The summed E-state index contributed by atoms with van der Waals surface area (Å²) in [6, 6.07) is 10.6. The highest BCUT2D eigenvalue weighted by Gasteiger charge is 2.13. The lowest BCUT2D eigenvalue weighted by Crippen LogP contribution is -2.30. The summed E-state index contributed by atoms with van der Waals surface area (Å²) in [5.74, 6) is 5.00. The Morgan fingerprint density at radius 3 is 2.48 bits per heavy atom. The van der Waals surface area contributed by atoms with E-state index in [1.54, 1.807) is 29.1 Å². The molecule has 2 aromatic rings. The van der Waals surface area contributed by atoms with Crippen molar-refractivity contribution < 1.29 is 17.9 Å². The molecule has 0 bridgehead atoms. The van der Waals surface area contributed by atoms with E-state index in [9.17, 15) is 13.2 Å². The number of hydrogen-bond acceptors (Lipinski definition) is 6. The first kappa shape index (κ1) is 19.0. The van der Waals surface area contributed by atoms with Crippen molar-refractivity contribution in [3.05, 3.63) is 53.1 Å². The lowest BCUT2D eigenvalue weighted by Gasteiger charge is -2.11. The number of carbonyl (C=O) groups is 1. The van der Waals surface area contributed by atoms with Crippen molar-refractivity contribution >= 4 is 33.2 Å². The van der Waals surface area contributed by atoms with Gasteiger partial charge in [-0.25, -0.2) is 8.42 Å². The molecule has 5 N–H and O–H groups in total. The van der Waals surface area contributed by atoms with Gasteiger partial charge in [-0.15, -0.1) is 0 Å². The quantitative estimate of drug-likeness (QED) is 0.324. The van der Waals surface area contributed by atoms with Crippen LogP contribution in [0.4, 0.5) is 5.69 Å². The summed E-state index contributed by atoms with van der Waals surface area (Å²) in [6.07, 6.45) is 0. The first-order valence-electron chi connectivity index (χ1n) is 7.05. The highest BCUT2D eigenvalue weighted by Crippen LogP contribution is 2.22. The lowest BCUT2D eigenvalue weighted by molar-refractivity contribution is 0.0953. The smallest absolute Gasteiger partial charge is 0.256 e. The van der Waals surface area contributed by atoms with Gasteiger partial charge in [0.25, 0.3) is 15.9 Å². The van der Waals surface area contributed by atoms with Crippen molar-refractivity contribution in [2.75, 3.05) is 19.1 Å². The van der Waals surface area contributed by atoms with E-state index < -0.39 is 10.0 Å². The molecule has 1 amide bonds. The van der Waals surface area contributed by atoms with E-state index in [2.05, 4.69) is 10.6 Å². The fraction of sp³-hybridized carbons (Fsp3) is 0.133. The van der Waals surface area contributed by atoms with Gasteiger partial charge < -0.3 is 15.4 Å². The summed E-state index contributed by atoms with van der Waals surface area (Å²) in [6.45, 7) is 0.121. The van der Waals surface area contributed by atoms with Gasteiger partial charge in [-0.05, 0) is 42.5 Å². The van der Waals surface area contributed by atoms with Crippen LogP contribution in [0.25, 0.3) is 0 Å². The van der Waals surface area contributed by atoms with Crippen LogP contribution >= 0.6 is 11.6 Å². The monoisotopic (exact) mass is 384 g/mol. The fourth-order valence-electron chi connectivity index (χ4n) is 2.00. The molecule has 0 aromatic heterocycles. The van der Waals surface area contributed by atoms with E-state index in [1.165, 1.54) is 25.3 Å². The molecular formula is C15H17ClN4O4S. The highest BCUT2D eigenvalue weighted by molar-refractivity contribution is 7.89. The second kappa shape index (κ2) is 8.17. The summed E-state index contributed by atoms with van der Waals surface area (Å²) >= 11 is 5.90. The molecule has 0 saturated carbocycles. The highest BCUT2D eigenvalue weighted by atomic mass is 35.5. The van der Waals surface area contributed by atoms with Gasteiger partial charge in [0.05, 0.1) is 24.2 Å². The summed E-state index contributed by atoms with van der Waals surface area (Å²) in [7, 11) is -2.23. The van der Waals surface area contributed by atoms with Crippen molar-refractivity contribution in [1.29, 1.82) is 0 Å². The first-order valence-corrected chi connectivity index (χ1v) is 8.91. The second-order valence-electron chi connectivity index (χ2n) is 4.85. The van der Waals surface area contributed by atoms with Crippen LogP contribution in [0.2, 0.25) is 5.02 Å². The van der Waals surface area contributed by atoms with Gasteiger partial charge in [0.2, 0.25) is 0 Å². The summed E-state index contributed by atoms with van der Waals surface area (Å²) in [4.78, 5) is 14.0. The zero-order valence-corrected chi connectivity index (χ0v) is 14.8. The summed E-state index contributed by atoms with van der Waals surface area (Å²) in [5, 5.41) is 6.03. The molecule has 8 nitrogen and oxygen atoms in total. The van der Waals surface area contributed by atoms with Crippen LogP contribution in [0, 0.1) is 0 Å². The van der Waals surface area contributed by atoms with E-state index in [4.69, 9.17) is 22.2 Å². The summed E-state index contributed by atoms with van der Waals surface area (Å²) < 4.78 is 28.2. The number of rotatable bonds is 7. The number of anilines is 1. The molecule has 0 heterocycles. The van der Waals surface area contributed by atoms with Crippen LogP contribution in [0.5, 0.6) is 5.75 Å². The number of halogens is 1. The third-order valence-corrected chi connectivity index (χ3v) is 4.71. The number of nitrogens with one attached hydrogen (secondary N) is 3. The molecular weight excluding hydrogens is 368 g/mol. The van der Waals surface area contributed by atoms with E-state index >= 15 is 0 Å². The molecule has 0 saturated heterocycles. The number of sulfonamides is 1. The molecule has 134 valence electrons. The Morgan fingerprint density at radius 1 is 1.20 bits per heavy atom. The molecule has 2 rings (SSSR count). The predicted octanol–water partition coefficient (Wildman–Crippen LogP) is 1.30. The van der Waals surface area contributed by atoms with Gasteiger partial charge in [0.15, 0.2) is 0 Å². The summed E-state index contributed by atoms with van der Waals surface area (Å²) in [5.41, 5.74) is 0.932. The minimum absolute atomic E-state index is 0.0354. The number of nitrogens with two attached hydrogens (primary N) is 1. The number of benzene rings is 2. The van der Waals surface area contributed by atoms with Crippen molar-refractivity contribution in [1.82, 2.24) is 10.1 Å². The van der Waals surface area contributed by atoms with E-state index in [0.29, 0.717) is 22.0 Å². The van der Waals surface area contributed by atoms with Gasteiger partial charge in [-0.3, -0.25) is 10.6 Å². The number of hydrazine groups is 1. The van der Waals surface area contributed by atoms with Crippen LogP contribution in [0.1, 0.15) is 10.4 Å². The number of methoxy groups -OCH3 is 1. The minimum Gasteiger partial charge on any atom is -0.496 e. The number of ether oxygens (including phenoxy) is 1. The SMILES string of the molecule is COc1ccc(Cl)cc1C(=O)NCNc1ccc(S(=O)(=O)NN)cc1. The van der Waals surface area contributed by atoms with Crippen LogP contribution in [-0.4, -0.2) is 28.1 Å². The molecule has 0 fully saturated rings. The normalized spacial score (nSPS) is 11.0. The Bertz CT molecular complexity index is 856. The van der Waals surface area contributed by atoms with E-state index in [-0.39, 0.29) is 17.5 Å². The van der Waals surface area contributed by atoms with Crippen molar-refractivity contribution in [2.45, 2.75) is 4.90 Å². The van der Waals surface area contributed by atoms with Gasteiger partial charge >= 0.3 is 0 Å². The van der Waals surface area contributed by atoms with Gasteiger partial charge in [-0.1, -0.05) is 11.6 Å². The molecule has 0 aliphatic heterocycles. The Morgan fingerprint density at radius 2 is 1.88 bits per heavy atom. The van der Waals surface area contributed by atoms with Gasteiger partial charge in [0, 0.05) is 10.7 Å². The maximum atomic E-state index is 12.2. The maximum absolute atomic E-state index is 12.2. The number of hydrogen-bond donors (Lipinski definition) is 4. The van der Waals surface area contributed by atoms with E-state index in [1.807, 2.05) is 0 Å². The van der Waals surface area contributed by atoms with Crippen molar-refractivity contribution in [2.24, 2.45) is 5.84 Å². The van der Waals surface area contributed by atoms with Crippen LogP contribution < -0.4 is 26.0 Å². The lowest BCUT2D eigenvalue weighted by atomic mass is 10.2. The standard InChI is InChI=1S/C15H17ClN4O4S/c1-24-14-7-2-10(16)8-13(14)15(21)19-9-18-11-3-5-12(6-4-11)25(22,23)20-17/h2-8,18,20H,9,17H2,1H3,(H,19,21). The van der Waals surface area contributed by atoms with Crippen LogP contribution in [0.3, 0.4) is 0 Å². The Labute approximate surface area is 150 Å². The third-order valence-electron chi connectivity index (χ3n) is 3.27. The zero-order valence-electron chi connectivity index (χ0n) is 13.2. The topological polar surface area (TPSA) is 123 Å². The molecule has 0 aliphatic rings. The van der Waals surface area contributed by atoms with Crippen molar-refractivity contribution in [3.63, 3.8) is 0 Å². The zero-order chi connectivity index (χ0) is 18.4. The molecule has 0 atom stereocenters. The Kier molecular flexibility index (Phi) is 6.21. The average Bonchev–Trinajstić information content (AvgIpc) is 2.62. The molecule has 0 radical (unpaired) electrons. The average molecular weight is 385 g/mol. The molecule has 0 spiro atoms. The molecule has 0 unspecified atom stereocenters. The number of carbonyl (C=O) groups excluding carboxylic acids is 1. The second-order valence-corrected chi connectivity index (χ2v) is 7.00. The Hall–Kier alpha value is -2.33. The molecule has 2 aromatic carbocycles. The predicted molar refractivity (Wildman–Crippen MR) is 94.9 cm³/mol. The van der Waals surface area contributed by atoms with Crippen LogP contribution in [-0.2, 0) is 10.0 Å². The largest absolute Gasteiger partial charge is 0.496 e.